The first-order valence-electron chi connectivity index (χ1n) is 4.42. The van der Waals surface area contributed by atoms with Crippen molar-refractivity contribution in [2.45, 2.75) is 19.3 Å². The molecule has 0 spiro atoms. The largest absolute Gasteiger partial charge is 0.327 e. The van der Waals surface area contributed by atoms with Crippen molar-refractivity contribution in [1.29, 1.82) is 0 Å². The molecule has 1 aliphatic heterocycles. The number of nitrogens with zero attached hydrogens (tertiary/aromatic N) is 1. The molecular weight excluding hydrogens is 136 g/mol. The van der Waals surface area contributed by atoms with Crippen molar-refractivity contribution >= 4 is 0 Å². The number of hydrogen-bond donors (Lipinski definition) is 1. The van der Waals surface area contributed by atoms with Gasteiger partial charge in [-0.2, -0.15) is 0 Å². The predicted molar refractivity (Wildman–Crippen MR) is 48.5 cm³/mol. The summed E-state index contributed by atoms with van der Waals surface area (Å²) in [5.74, 6) is 0. The molecule has 0 radical (unpaired) electrons. The van der Waals surface area contributed by atoms with Crippen molar-refractivity contribution in [1.82, 2.24) is 4.90 Å². The summed E-state index contributed by atoms with van der Waals surface area (Å²) in [6.45, 7) is 8.24. The molecule has 1 fully saturated rings. The summed E-state index contributed by atoms with van der Waals surface area (Å²) in [4.78, 5) is 2.49. The van der Waals surface area contributed by atoms with Gasteiger partial charge in [0.05, 0.1) is 0 Å². The Labute approximate surface area is 69.1 Å². The molecule has 1 aliphatic rings. The van der Waals surface area contributed by atoms with E-state index in [4.69, 9.17) is 5.73 Å². The Bertz CT molecular complexity index is 126. The van der Waals surface area contributed by atoms with Crippen LogP contribution in [-0.4, -0.2) is 31.1 Å². The molecule has 0 aromatic carbocycles. The van der Waals surface area contributed by atoms with Gasteiger partial charge in [-0.1, -0.05) is 12.2 Å². The summed E-state index contributed by atoms with van der Waals surface area (Å²) in [5.41, 5.74) is 6.62. The molecule has 0 amide bonds. The number of rotatable bonds is 4. The van der Waals surface area contributed by atoms with E-state index in [1.54, 1.807) is 0 Å². The third-order valence-corrected chi connectivity index (χ3v) is 2.27. The van der Waals surface area contributed by atoms with E-state index in [0.29, 0.717) is 6.54 Å². The lowest BCUT2D eigenvalue weighted by Crippen LogP contribution is -2.21. The monoisotopic (exact) mass is 154 g/mol. The van der Waals surface area contributed by atoms with E-state index in [0.717, 1.165) is 13.0 Å². The number of likely N-dealkylation sites (tertiary alicyclic amines) is 1. The average Bonchev–Trinajstić information content (AvgIpc) is 2.52. The molecule has 11 heavy (non-hydrogen) atoms. The fourth-order valence-corrected chi connectivity index (χ4v) is 1.42. The number of nitrogens with two attached hydrogens (primary N) is 1. The molecule has 2 heteroatoms. The Hall–Kier alpha value is -0.340. The Kier molecular flexibility index (Phi) is 3.60. The maximum Gasteiger partial charge on any atom is 0.0134 e. The topological polar surface area (TPSA) is 29.3 Å². The molecule has 0 atom stereocenters. The van der Waals surface area contributed by atoms with Crippen LogP contribution in [0, 0.1) is 0 Å². The third kappa shape index (κ3) is 3.04. The average molecular weight is 154 g/mol. The molecule has 1 saturated heterocycles. The lowest BCUT2D eigenvalue weighted by atomic mass is 10.2. The molecular formula is C9H18N2. The Balaban J connectivity index is 2.06. The standard InChI is InChI=1S/C9H18N2/c1-9(8-10)4-7-11-5-2-3-6-11/h1-8,10H2. The third-order valence-electron chi connectivity index (χ3n) is 2.27. The summed E-state index contributed by atoms with van der Waals surface area (Å²) in [7, 11) is 0. The quantitative estimate of drug-likeness (QED) is 0.612. The molecule has 0 aliphatic carbocycles. The van der Waals surface area contributed by atoms with Crippen LogP contribution in [0.5, 0.6) is 0 Å². The van der Waals surface area contributed by atoms with Crippen LogP contribution in [0.3, 0.4) is 0 Å². The summed E-state index contributed by atoms with van der Waals surface area (Å²) >= 11 is 0. The Morgan fingerprint density at radius 3 is 2.55 bits per heavy atom. The second-order valence-electron chi connectivity index (χ2n) is 3.25. The van der Waals surface area contributed by atoms with Gasteiger partial charge in [-0.3, -0.25) is 0 Å². The van der Waals surface area contributed by atoms with Crippen LogP contribution in [0.25, 0.3) is 0 Å². The minimum absolute atomic E-state index is 0.647. The van der Waals surface area contributed by atoms with Gasteiger partial charge in [0.25, 0.3) is 0 Å². The SMILES string of the molecule is C=C(CN)CCN1CCCC1. The van der Waals surface area contributed by atoms with E-state index in [2.05, 4.69) is 11.5 Å². The van der Waals surface area contributed by atoms with Crippen LogP contribution in [0.2, 0.25) is 0 Å². The fourth-order valence-electron chi connectivity index (χ4n) is 1.42. The van der Waals surface area contributed by atoms with Gasteiger partial charge in [-0.15, -0.1) is 0 Å². The fraction of sp³-hybridized carbons (Fsp3) is 0.778. The van der Waals surface area contributed by atoms with Crippen molar-refractivity contribution in [3.63, 3.8) is 0 Å². The van der Waals surface area contributed by atoms with E-state index in [-0.39, 0.29) is 0 Å². The van der Waals surface area contributed by atoms with Crippen LogP contribution in [0.15, 0.2) is 12.2 Å². The maximum atomic E-state index is 5.44. The molecule has 64 valence electrons. The van der Waals surface area contributed by atoms with Gasteiger partial charge in [0.2, 0.25) is 0 Å². The zero-order valence-electron chi connectivity index (χ0n) is 7.18. The van der Waals surface area contributed by atoms with Gasteiger partial charge in [0.15, 0.2) is 0 Å². The van der Waals surface area contributed by atoms with Crippen molar-refractivity contribution in [3.8, 4) is 0 Å². The molecule has 0 aromatic heterocycles. The normalized spacial score (nSPS) is 19.0. The van der Waals surface area contributed by atoms with Crippen molar-refractivity contribution < 1.29 is 0 Å². The summed E-state index contributed by atoms with van der Waals surface area (Å²) in [6.07, 6.45) is 3.82. The van der Waals surface area contributed by atoms with E-state index in [1.165, 1.54) is 31.5 Å². The lowest BCUT2D eigenvalue weighted by molar-refractivity contribution is 0.343. The predicted octanol–water partition coefficient (Wildman–Crippen LogP) is 0.987. The van der Waals surface area contributed by atoms with Crippen LogP contribution in [-0.2, 0) is 0 Å². The maximum absolute atomic E-state index is 5.44. The summed E-state index contributed by atoms with van der Waals surface area (Å²) < 4.78 is 0. The second kappa shape index (κ2) is 4.52. The minimum atomic E-state index is 0.647. The highest BCUT2D eigenvalue weighted by atomic mass is 15.1. The molecule has 0 aromatic rings. The van der Waals surface area contributed by atoms with E-state index in [1.807, 2.05) is 0 Å². The van der Waals surface area contributed by atoms with Crippen LogP contribution >= 0.6 is 0 Å². The second-order valence-corrected chi connectivity index (χ2v) is 3.25. The molecule has 1 rings (SSSR count). The zero-order valence-corrected chi connectivity index (χ0v) is 7.18. The minimum Gasteiger partial charge on any atom is -0.327 e. The van der Waals surface area contributed by atoms with Crippen LogP contribution < -0.4 is 5.73 Å². The molecule has 0 saturated carbocycles. The smallest absolute Gasteiger partial charge is 0.0134 e. The molecule has 0 bridgehead atoms. The number of hydrogen-bond acceptors (Lipinski definition) is 2. The van der Waals surface area contributed by atoms with Gasteiger partial charge in [-0.25, -0.2) is 0 Å². The first-order chi connectivity index (χ1) is 5.33. The molecule has 1 heterocycles. The summed E-state index contributed by atoms with van der Waals surface area (Å²) in [6, 6.07) is 0. The van der Waals surface area contributed by atoms with Crippen LogP contribution in [0.1, 0.15) is 19.3 Å². The highest BCUT2D eigenvalue weighted by molar-refractivity contribution is 4.96. The first kappa shape index (κ1) is 8.75. The van der Waals surface area contributed by atoms with Crippen LogP contribution in [0.4, 0.5) is 0 Å². The van der Waals surface area contributed by atoms with Crippen molar-refractivity contribution in [2.24, 2.45) is 5.73 Å². The summed E-state index contributed by atoms with van der Waals surface area (Å²) in [5, 5.41) is 0. The van der Waals surface area contributed by atoms with Crippen molar-refractivity contribution in [3.05, 3.63) is 12.2 Å². The molecule has 0 unspecified atom stereocenters. The Morgan fingerprint density at radius 2 is 2.00 bits per heavy atom. The van der Waals surface area contributed by atoms with Gasteiger partial charge in [0, 0.05) is 13.1 Å². The van der Waals surface area contributed by atoms with Crippen molar-refractivity contribution in [2.75, 3.05) is 26.2 Å². The van der Waals surface area contributed by atoms with E-state index in [9.17, 15) is 0 Å². The molecule has 2 nitrogen and oxygen atoms in total. The van der Waals surface area contributed by atoms with E-state index < -0.39 is 0 Å². The highest BCUT2D eigenvalue weighted by Crippen LogP contribution is 2.08. The van der Waals surface area contributed by atoms with Gasteiger partial charge in [-0.05, 0) is 32.4 Å². The van der Waals surface area contributed by atoms with Gasteiger partial charge in [0.1, 0.15) is 0 Å². The highest BCUT2D eigenvalue weighted by Gasteiger charge is 2.10. The lowest BCUT2D eigenvalue weighted by Gasteiger charge is -2.14. The van der Waals surface area contributed by atoms with Gasteiger partial charge < -0.3 is 10.6 Å². The first-order valence-corrected chi connectivity index (χ1v) is 4.42. The van der Waals surface area contributed by atoms with Gasteiger partial charge >= 0.3 is 0 Å². The zero-order chi connectivity index (χ0) is 8.10. The molecule has 2 N–H and O–H groups in total. The van der Waals surface area contributed by atoms with E-state index >= 15 is 0 Å². The Morgan fingerprint density at radius 1 is 1.36 bits per heavy atom.